The topological polar surface area (TPSA) is 89.9 Å². The number of carbonyl (C=O) groups is 2. The molecule has 0 aromatic rings. The van der Waals surface area contributed by atoms with Crippen molar-refractivity contribution in [2.75, 3.05) is 6.54 Å². The van der Waals surface area contributed by atoms with E-state index in [1.54, 1.807) is 0 Å². The molecule has 1 heterocycles. The van der Waals surface area contributed by atoms with E-state index in [2.05, 4.69) is 5.32 Å². The Morgan fingerprint density at radius 2 is 1.90 bits per heavy atom. The number of nitrogens with one attached hydrogen (secondary N) is 1. The summed E-state index contributed by atoms with van der Waals surface area (Å²) < 4.78 is 0. The number of carboxylic acids is 1. The molecule has 2 amide bonds. The molecule has 1 aliphatic carbocycles. The van der Waals surface area contributed by atoms with E-state index in [1.165, 1.54) is 4.90 Å². The van der Waals surface area contributed by atoms with Crippen molar-refractivity contribution >= 4 is 12.0 Å². The molecular formula is C14H24N2O4. The Balaban J connectivity index is 1.97. The molecule has 0 radical (unpaired) electrons. The van der Waals surface area contributed by atoms with Crippen LogP contribution in [0.3, 0.4) is 0 Å². The van der Waals surface area contributed by atoms with Gasteiger partial charge >= 0.3 is 12.0 Å². The molecule has 0 bridgehead atoms. The second-order valence-corrected chi connectivity index (χ2v) is 6.08. The Labute approximate surface area is 119 Å². The molecule has 0 spiro atoms. The second-order valence-electron chi connectivity index (χ2n) is 6.08. The fraction of sp³-hybridized carbons (Fsp3) is 0.857. The number of carboxylic acid groups (broad SMARTS) is 1. The lowest BCUT2D eigenvalue weighted by Crippen LogP contribution is -2.57. The first-order valence-electron chi connectivity index (χ1n) is 7.47. The van der Waals surface area contributed by atoms with Crippen LogP contribution in [0.5, 0.6) is 0 Å². The number of aliphatic hydroxyl groups excluding tert-OH is 1. The highest BCUT2D eigenvalue weighted by molar-refractivity contribution is 5.83. The first-order valence-corrected chi connectivity index (χ1v) is 7.47. The number of carbonyl (C=O) groups excluding carboxylic acids is 1. The number of aliphatic hydroxyl groups is 1. The average Bonchev–Trinajstić information content (AvgIpc) is 2.41. The van der Waals surface area contributed by atoms with Gasteiger partial charge in [-0.15, -0.1) is 0 Å². The van der Waals surface area contributed by atoms with E-state index >= 15 is 0 Å². The molecule has 0 aromatic carbocycles. The molecule has 0 aromatic heterocycles. The van der Waals surface area contributed by atoms with Crippen LogP contribution in [0.2, 0.25) is 0 Å². The van der Waals surface area contributed by atoms with Gasteiger partial charge in [0.1, 0.15) is 6.04 Å². The zero-order chi connectivity index (χ0) is 14.7. The maximum absolute atomic E-state index is 12.3. The maximum atomic E-state index is 12.3. The summed E-state index contributed by atoms with van der Waals surface area (Å²) in [5, 5.41) is 22.0. The highest BCUT2D eigenvalue weighted by atomic mass is 16.4. The van der Waals surface area contributed by atoms with Gasteiger partial charge < -0.3 is 20.4 Å². The first kappa shape index (κ1) is 15.1. The van der Waals surface area contributed by atoms with E-state index in [0.717, 1.165) is 25.7 Å². The van der Waals surface area contributed by atoms with Gasteiger partial charge in [-0.1, -0.05) is 19.8 Å². The minimum atomic E-state index is -0.948. The van der Waals surface area contributed by atoms with Crippen molar-refractivity contribution in [2.24, 2.45) is 5.92 Å². The van der Waals surface area contributed by atoms with E-state index in [1.807, 2.05) is 6.92 Å². The lowest BCUT2D eigenvalue weighted by atomic mass is 9.91. The number of likely N-dealkylation sites (tertiary alicyclic amines) is 1. The fourth-order valence-electron chi connectivity index (χ4n) is 3.14. The van der Waals surface area contributed by atoms with Crippen LogP contribution in [0, 0.1) is 5.92 Å². The van der Waals surface area contributed by atoms with Crippen LogP contribution in [0.25, 0.3) is 0 Å². The monoisotopic (exact) mass is 284 g/mol. The SMILES string of the molecule is CC1CCN(C(=O)NC2CCCCC2O)C(C(=O)O)C1. The third kappa shape index (κ3) is 3.42. The summed E-state index contributed by atoms with van der Waals surface area (Å²) in [6.45, 7) is 2.48. The van der Waals surface area contributed by atoms with Gasteiger partial charge in [0.15, 0.2) is 0 Å². The number of rotatable bonds is 2. The third-order valence-electron chi connectivity index (χ3n) is 4.45. The quantitative estimate of drug-likeness (QED) is 0.710. The van der Waals surface area contributed by atoms with E-state index in [9.17, 15) is 19.8 Å². The van der Waals surface area contributed by atoms with Gasteiger partial charge in [0.25, 0.3) is 0 Å². The summed E-state index contributed by atoms with van der Waals surface area (Å²) >= 11 is 0. The van der Waals surface area contributed by atoms with Crippen molar-refractivity contribution < 1.29 is 19.8 Å². The van der Waals surface area contributed by atoms with Crippen molar-refractivity contribution in [3.8, 4) is 0 Å². The molecule has 1 saturated heterocycles. The Morgan fingerprint density at radius 3 is 2.55 bits per heavy atom. The van der Waals surface area contributed by atoms with E-state index in [0.29, 0.717) is 25.3 Å². The van der Waals surface area contributed by atoms with Crippen LogP contribution in [0.1, 0.15) is 45.4 Å². The van der Waals surface area contributed by atoms with Crippen molar-refractivity contribution in [1.29, 1.82) is 0 Å². The summed E-state index contributed by atoms with van der Waals surface area (Å²) in [6.07, 6.45) is 4.23. The summed E-state index contributed by atoms with van der Waals surface area (Å²) in [4.78, 5) is 25.0. The Kier molecular flexibility index (Phi) is 4.86. The molecule has 2 fully saturated rings. The lowest BCUT2D eigenvalue weighted by molar-refractivity contribution is -0.143. The number of amides is 2. The van der Waals surface area contributed by atoms with Gasteiger partial charge in [-0.3, -0.25) is 0 Å². The highest BCUT2D eigenvalue weighted by Gasteiger charge is 2.36. The number of nitrogens with zero attached hydrogens (tertiary/aromatic N) is 1. The molecule has 3 N–H and O–H groups in total. The van der Waals surface area contributed by atoms with Gasteiger partial charge in [0.2, 0.25) is 0 Å². The number of piperidine rings is 1. The minimum Gasteiger partial charge on any atom is -0.480 e. The van der Waals surface area contributed by atoms with Crippen LogP contribution in [0.4, 0.5) is 4.79 Å². The average molecular weight is 284 g/mol. The minimum absolute atomic E-state index is 0.245. The molecule has 114 valence electrons. The number of hydrogen-bond donors (Lipinski definition) is 3. The lowest BCUT2D eigenvalue weighted by Gasteiger charge is -2.38. The summed E-state index contributed by atoms with van der Waals surface area (Å²) in [6, 6.07) is -1.35. The molecule has 20 heavy (non-hydrogen) atoms. The number of hydrogen-bond acceptors (Lipinski definition) is 3. The van der Waals surface area contributed by atoms with Gasteiger partial charge in [0, 0.05) is 6.54 Å². The summed E-state index contributed by atoms with van der Waals surface area (Å²) in [5.41, 5.74) is 0. The van der Waals surface area contributed by atoms with E-state index in [-0.39, 0.29) is 12.1 Å². The van der Waals surface area contributed by atoms with Crippen LogP contribution in [-0.4, -0.2) is 51.8 Å². The van der Waals surface area contributed by atoms with Crippen LogP contribution in [0.15, 0.2) is 0 Å². The second kappa shape index (κ2) is 6.43. The normalized spacial score (nSPS) is 34.6. The summed E-state index contributed by atoms with van der Waals surface area (Å²) in [5.74, 6) is -0.628. The zero-order valence-corrected chi connectivity index (χ0v) is 11.9. The Morgan fingerprint density at radius 1 is 1.20 bits per heavy atom. The van der Waals surface area contributed by atoms with Crippen LogP contribution < -0.4 is 5.32 Å². The van der Waals surface area contributed by atoms with Crippen molar-refractivity contribution in [3.05, 3.63) is 0 Å². The Bertz CT molecular complexity index is 374. The molecule has 2 rings (SSSR count). The van der Waals surface area contributed by atoms with Crippen molar-refractivity contribution in [1.82, 2.24) is 10.2 Å². The van der Waals surface area contributed by atoms with Gasteiger partial charge in [-0.05, 0) is 31.6 Å². The zero-order valence-electron chi connectivity index (χ0n) is 11.9. The maximum Gasteiger partial charge on any atom is 0.326 e. The van der Waals surface area contributed by atoms with Crippen molar-refractivity contribution in [2.45, 2.75) is 63.6 Å². The van der Waals surface area contributed by atoms with E-state index < -0.39 is 18.1 Å². The molecule has 1 saturated carbocycles. The highest BCUT2D eigenvalue weighted by Crippen LogP contribution is 2.24. The van der Waals surface area contributed by atoms with Crippen LogP contribution in [-0.2, 0) is 4.79 Å². The van der Waals surface area contributed by atoms with E-state index in [4.69, 9.17) is 0 Å². The molecule has 6 heteroatoms. The summed E-state index contributed by atoms with van der Waals surface area (Å²) in [7, 11) is 0. The molecule has 6 nitrogen and oxygen atoms in total. The Hall–Kier alpha value is -1.30. The number of urea groups is 1. The van der Waals surface area contributed by atoms with Gasteiger partial charge in [0.05, 0.1) is 12.1 Å². The predicted molar refractivity (Wildman–Crippen MR) is 73.3 cm³/mol. The molecule has 4 atom stereocenters. The fourth-order valence-corrected chi connectivity index (χ4v) is 3.14. The predicted octanol–water partition coefficient (Wildman–Crippen LogP) is 1.18. The largest absolute Gasteiger partial charge is 0.480 e. The van der Waals surface area contributed by atoms with Gasteiger partial charge in [-0.25, -0.2) is 9.59 Å². The van der Waals surface area contributed by atoms with Gasteiger partial charge in [-0.2, -0.15) is 0 Å². The molecule has 1 aliphatic heterocycles. The van der Waals surface area contributed by atoms with Crippen LogP contribution >= 0.6 is 0 Å². The van der Waals surface area contributed by atoms with Crippen molar-refractivity contribution in [3.63, 3.8) is 0 Å². The third-order valence-corrected chi connectivity index (χ3v) is 4.45. The molecule has 4 unspecified atom stereocenters. The standard InChI is InChI=1S/C14H24N2O4/c1-9-6-7-16(11(8-9)13(18)19)14(20)15-10-4-2-3-5-12(10)17/h9-12,17H,2-8H2,1H3,(H,15,20)(H,18,19). The molecule has 2 aliphatic rings. The smallest absolute Gasteiger partial charge is 0.326 e. The number of aliphatic carboxylic acids is 1. The molecular weight excluding hydrogens is 260 g/mol. The first-order chi connectivity index (χ1) is 9.49.